The van der Waals surface area contributed by atoms with Crippen LogP contribution in [0.2, 0.25) is 0 Å². The number of oxazole rings is 1. The average Bonchev–Trinajstić information content (AvgIpc) is 2.63. The summed E-state index contributed by atoms with van der Waals surface area (Å²) in [5.41, 5.74) is 0. The largest absolute Gasteiger partial charge is 0.445 e. The SMILES string of the molecule is Cc1cnc(CNC2CCCCC2O)o1. The number of hydrogen-bond donors (Lipinski definition) is 2. The standard InChI is InChI=1S/C11H18N2O2/c1-8-6-13-11(15-8)7-12-9-4-2-3-5-10(9)14/h6,9-10,12,14H,2-5,7H2,1H3. The Morgan fingerprint density at radius 2 is 2.33 bits per heavy atom. The first-order chi connectivity index (χ1) is 7.25. The number of aryl methyl sites for hydroxylation is 1. The van der Waals surface area contributed by atoms with E-state index in [1.54, 1.807) is 6.20 Å². The Hall–Kier alpha value is -0.870. The summed E-state index contributed by atoms with van der Waals surface area (Å²) in [7, 11) is 0. The molecule has 2 N–H and O–H groups in total. The van der Waals surface area contributed by atoms with E-state index in [0.717, 1.165) is 25.0 Å². The Bertz CT molecular complexity index is 311. The second-order valence-electron chi connectivity index (χ2n) is 4.20. The highest BCUT2D eigenvalue weighted by Crippen LogP contribution is 2.18. The van der Waals surface area contributed by atoms with Crippen LogP contribution in [0.5, 0.6) is 0 Å². The first-order valence-corrected chi connectivity index (χ1v) is 5.58. The molecule has 0 bridgehead atoms. The number of aromatic nitrogens is 1. The summed E-state index contributed by atoms with van der Waals surface area (Å²) in [4.78, 5) is 4.11. The van der Waals surface area contributed by atoms with Gasteiger partial charge in [-0.3, -0.25) is 0 Å². The molecule has 4 nitrogen and oxygen atoms in total. The quantitative estimate of drug-likeness (QED) is 0.791. The lowest BCUT2D eigenvalue weighted by molar-refractivity contribution is 0.0890. The van der Waals surface area contributed by atoms with Crippen LogP contribution in [-0.4, -0.2) is 22.2 Å². The van der Waals surface area contributed by atoms with E-state index in [1.807, 2.05) is 6.92 Å². The van der Waals surface area contributed by atoms with Crippen molar-refractivity contribution >= 4 is 0 Å². The number of hydrogen-bond acceptors (Lipinski definition) is 4. The Morgan fingerprint density at radius 3 is 3.00 bits per heavy atom. The van der Waals surface area contributed by atoms with Crippen molar-refractivity contribution < 1.29 is 9.52 Å². The van der Waals surface area contributed by atoms with Crippen LogP contribution in [0, 0.1) is 6.92 Å². The lowest BCUT2D eigenvalue weighted by Gasteiger charge is -2.27. The molecule has 0 saturated heterocycles. The molecular weight excluding hydrogens is 192 g/mol. The number of aliphatic hydroxyl groups excluding tert-OH is 1. The molecule has 0 amide bonds. The second kappa shape index (κ2) is 4.77. The maximum Gasteiger partial charge on any atom is 0.208 e. The fourth-order valence-electron chi connectivity index (χ4n) is 2.05. The van der Waals surface area contributed by atoms with Crippen LogP contribution in [0.3, 0.4) is 0 Å². The van der Waals surface area contributed by atoms with Gasteiger partial charge < -0.3 is 14.8 Å². The zero-order valence-electron chi connectivity index (χ0n) is 9.07. The minimum Gasteiger partial charge on any atom is -0.445 e. The minimum absolute atomic E-state index is 0.200. The van der Waals surface area contributed by atoms with E-state index >= 15 is 0 Å². The third kappa shape index (κ3) is 2.79. The molecule has 0 radical (unpaired) electrons. The van der Waals surface area contributed by atoms with Gasteiger partial charge in [0.05, 0.1) is 18.8 Å². The van der Waals surface area contributed by atoms with Gasteiger partial charge in [0.15, 0.2) is 0 Å². The van der Waals surface area contributed by atoms with E-state index in [1.165, 1.54) is 6.42 Å². The zero-order valence-corrected chi connectivity index (χ0v) is 9.07. The van der Waals surface area contributed by atoms with Crippen molar-refractivity contribution in [3.63, 3.8) is 0 Å². The van der Waals surface area contributed by atoms with E-state index in [4.69, 9.17) is 4.42 Å². The van der Waals surface area contributed by atoms with Crippen LogP contribution in [0.4, 0.5) is 0 Å². The third-order valence-electron chi connectivity index (χ3n) is 2.91. The van der Waals surface area contributed by atoms with Gasteiger partial charge in [0.25, 0.3) is 0 Å². The second-order valence-corrected chi connectivity index (χ2v) is 4.20. The van der Waals surface area contributed by atoms with Crippen molar-refractivity contribution in [3.05, 3.63) is 17.8 Å². The van der Waals surface area contributed by atoms with Crippen molar-refractivity contribution in [1.29, 1.82) is 0 Å². The number of nitrogens with zero attached hydrogens (tertiary/aromatic N) is 1. The van der Waals surface area contributed by atoms with Crippen LogP contribution in [0.25, 0.3) is 0 Å². The molecule has 2 atom stereocenters. The number of aliphatic hydroxyl groups is 1. The molecule has 15 heavy (non-hydrogen) atoms. The molecule has 84 valence electrons. The molecule has 1 fully saturated rings. The smallest absolute Gasteiger partial charge is 0.208 e. The van der Waals surface area contributed by atoms with Gasteiger partial charge in [-0.25, -0.2) is 4.98 Å². The van der Waals surface area contributed by atoms with Crippen LogP contribution < -0.4 is 5.32 Å². The summed E-state index contributed by atoms with van der Waals surface area (Å²) in [6.45, 7) is 2.49. The highest BCUT2D eigenvalue weighted by atomic mass is 16.4. The molecule has 0 aliphatic heterocycles. The van der Waals surface area contributed by atoms with Crippen molar-refractivity contribution in [2.24, 2.45) is 0 Å². The summed E-state index contributed by atoms with van der Waals surface area (Å²) < 4.78 is 5.35. The van der Waals surface area contributed by atoms with E-state index in [2.05, 4.69) is 10.3 Å². The topological polar surface area (TPSA) is 58.3 Å². The van der Waals surface area contributed by atoms with Gasteiger partial charge in [-0.05, 0) is 19.8 Å². The summed E-state index contributed by atoms with van der Waals surface area (Å²) in [6.07, 6.45) is 5.78. The summed E-state index contributed by atoms with van der Waals surface area (Å²) in [5, 5.41) is 13.0. The normalized spacial score (nSPS) is 26.8. The van der Waals surface area contributed by atoms with Gasteiger partial charge in [-0.15, -0.1) is 0 Å². The highest BCUT2D eigenvalue weighted by Gasteiger charge is 2.22. The van der Waals surface area contributed by atoms with Crippen molar-refractivity contribution in [2.45, 2.75) is 51.3 Å². The molecule has 2 unspecified atom stereocenters. The van der Waals surface area contributed by atoms with Crippen LogP contribution >= 0.6 is 0 Å². The molecule has 1 aliphatic rings. The zero-order chi connectivity index (χ0) is 10.7. The predicted molar refractivity (Wildman–Crippen MR) is 56.3 cm³/mol. The molecular formula is C11H18N2O2. The van der Waals surface area contributed by atoms with E-state index in [9.17, 15) is 5.11 Å². The molecule has 0 aromatic carbocycles. The van der Waals surface area contributed by atoms with Crippen LogP contribution in [0.15, 0.2) is 10.6 Å². The molecule has 0 spiro atoms. The van der Waals surface area contributed by atoms with Gasteiger partial charge in [0.2, 0.25) is 5.89 Å². The molecule has 1 aromatic rings. The Kier molecular flexibility index (Phi) is 3.38. The molecule has 1 aliphatic carbocycles. The van der Waals surface area contributed by atoms with E-state index in [0.29, 0.717) is 12.4 Å². The minimum atomic E-state index is -0.213. The maximum absolute atomic E-state index is 9.74. The first kappa shape index (κ1) is 10.6. The number of rotatable bonds is 3. The molecule has 1 saturated carbocycles. The molecule has 1 heterocycles. The Labute approximate surface area is 89.7 Å². The van der Waals surface area contributed by atoms with Crippen LogP contribution in [0.1, 0.15) is 37.3 Å². The van der Waals surface area contributed by atoms with Crippen molar-refractivity contribution in [2.75, 3.05) is 0 Å². The van der Waals surface area contributed by atoms with Gasteiger partial charge in [0.1, 0.15) is 5.76 Å². The average molecular weight is 210 g/mol. The summed E-state index contributed by atoms with van der Waals surface area (Å²) in [6, 6.07) is 0.200. The number of nitrogens with one attached hydrogen (secondary N) is 1. The van der Waals surface area contributed by atoms with Crippen molar-refractivity contribution in [3.8, 4) is 0 Å². The maximum atomic E-state index is 9.74. The molecule has 1 aromatic heterocycles. The van der Waals surface area contributed by atoms with Crippen molar-refractivity contribution in [1.82, 2.24) is 10.3 Å². The fraction of sp³-hybridized carbons (Fsp3) is 0.727. The third-order valence-corrected chi connectivity index (χ3v) is 2.91. The van der Waals surface area contributed by atoms with E-state index < -0.39 is 0 Å². The lowest BCUT2D eigenvalue weighted by atomic mass is 9.93. The summed E-state index contributed by atoms with van der Waals surface area (Å²) >= 11 is 0. The van der Waals surface area contributed by atoms with Gasteiger partial charge >= 0.3 is 0 Å². The van der Waals surface area contributed by atoms with Gasteiger partial charge in [-0.1, -0.05) is 12.8 Å². The lowest BCUT2D eigenvalue weighted by Crippen LogP contribution is -2.41. The molecule has 4 heteroatoms. The Balaban J connectivity index is 1.81. The Morgan fingerprint density at radius 1 is 1.53 bits per heavy atom. The predicted octanol–water partition coefficient (Wildman–Crippen LogP) is 1.38. The van der Waals surface area contributed by atoms with Crippen LogP contribution in [-0.2, 0) is 6.54 Å². The van der Waals surface area contributed by atoms with E-state index in [-0.39, 0.29) is 12.1 Å². The van der Waals surface area contributed by atoms with Gasteiger partial charge in [0, 0.05) is 6.04 Å². The van der Waals surface area contributed by atoms with Gasteiger partial charge in [-0.2, -0.15) is 0 Å². The highest BCUT2D eigenvalue weighted by molar-refractivity contribution is 4.91. The molecule has 2 rings (SSSR count). The monoisotopic (exact) mass is 210 g/mol. The first-order valence-electron chi connectivity index (χ1n) is 5.58. The fourth-order valence-corrected chi connectivity index (χ4v) is 2.05. The summed E-state index contributed by atoms with van der Waals surface area (Å²) in [5.74, 6) is 1.53.